The second-order valence-electron chi connectivity index (χ2n) is 8.57. The minimum absolute atomic E-state index is 0.0591. The van der Waals surface area contributed by atoms with Crippen molar-refractivity contribution < 1.29 is 19.0 Å². The number of phenolic OH excluding ortho intramolecular Hbond substituents is 1. The zero-order valence-corrected chi connectivity index (χ0v) is 18.9. The average Bonchev–Trinajstić information content (AvgIpc) is 3.25. The van der Waals surface area contributed by atoms with Crippen LogP contribution < -0.4 is 15.4 Å². The van der Waals surface area contributed by atoms with Crippen LogP contribution in [-0.2, 0) is 17.9 Å². The van der Waals surface area contributed by atoms with Crippen molar-refractivity contribution in [1.29, 1.82) is 0 Å². The van der Waals surface area contributed by atoms with Crippen LogP contribution in [0.3, 0.4) is 0 Å². The van der Waals surface area contributed by atoms with Gasteiger partial charge in [-0.15, -0.1) is 0 Å². The van der Waals surface area contributed by atoms with E-state index in [2.05, 4.69) is 10.6 Å². The summed E-state index contributed by atoms with van der Waals surface area (Å²) in [5.74, 6) is -0.303. The Kier molecular flexibility index (Phi) is 6.35. The molecule has 6 heteroatoms. The van der Waals surface area contributed by atoms with Crippen LogP contribution in [0, 0.1) is 5.82 Å². The molecule has 0 saturated heterocycles. The third-order valence-electron chi connectivity index (χ3n) is 6.10. The summed E-state index contributed by atoms with van der Waals surface area (Å²) in [4.78, 5) is 13.3. The number of nitrogens with one attached hydrogen (secondary N) is 2. The molecule has 1 amide bonds. The first-order valence-corrected chi connectivity index (χ1v) is 11.4. The molecule has 4 aromatic carbocycles. The Morgan fingerprint density at radius 1 is 0.914 bits per heavy atom. The van der Waals surface area contributed by atoms with Gasteiger partial charge in [-0.05, 0) is 52.6 Å². The monoisotopic (exact) mass is 468 g/mol. The first-order chi connectivity index (χ1) is 17.1. The van der Waals surface area contributed by atoms with Gasteiger partial charge in [0.2, 0.25) is 5.91 Å². The van der Waals surface area contributed by atoms with Crippen LogP contribution in [0.2, 0.25) is 0 Å². The summed E-state index contributed by atoms with van der Waals surface area (Å²) in [6.07, 6.45) is 0. The Morgan fingerprint density at radius 2 is 1.66 bits per heavy atom. The van der Waals surface area contributed by atoms with Crippen molar-refractivity contribution in [3.8, 4) is 11.5 Å². The Morgan fingerprint density at radius 3 is 2.43 bits per heavy atom. The minimum Gasteiger partial charge on any atom is -0.508 e. The van der Waals surface area contributed by atoms with Gasteiger partial charge in [0, 0.05) is 24.2 Å². The van der Waals surface area contributed by atoms with E-state index in [9.17, 15) is 14.3 Å². The minimum atomic E-state index is -0.597. The number of carbonyl (C=O) groups is 1. The first kappa shape index (κ1) is 22.5. The summed E-state index contributed by atoms with van der Waals surface area (Å²) in [6, 6.07) is 28.2. The Bertz CT molecular complexity index is 1330. The molecule has 0 bridgehead atoms. The molecule has 0 aliphatic carbocycles. The number of carbonyl (C=O) groups excluding carboxylic acids is 1. The van der Waals surface area contributed by atoms with Crippen LogP contribution in [0.5, 0.6) is 11.5 Å². The zero-order valence-electron chi connectivity index (χ0n) is 18.9. The molecule has 0 spiro atoms. The van der Waals surface area contributed by atoms with E-state index in [1.54, 1.807) is 24.3 Å². The highest BCUT2D eigenvalue weighted by molar-refractivity contribution is 5.89. The summed E-state index contributed by atoms with van der Waals surface area (Å²) in [6.45, 7) is 0.578. The predicted molar refractivity (Wildman–Crippen MR) is 133 cm³/mol. The van der Waals surface area contributed by atoms with Gasteiger partial charge in [0.15, 0.2) is 0 Å². The molecule has 4 aromatic rings. The second kappa shape index (κ2) is 9.89. The van der Waals surface area contributed by atoms with E-state index in [0.29, 0.717) is 17.9 Å². The van der Waals surface area contributed by atoms with Crippen LogP contribution in [0.4, 0.5) is 10.1 Å². The predicted octanol–water partition coefficient (Wildman–Crippen LogP) is 5.35. The highest BCUT2D eigenvalue weighted by Crippen LogP contribution is 2.40. The highest BCUT2D eigenvalue weighted by Gasteiger charge is 2.38. The number of hydrogen-bond acceptors (Lipinski definition) is 4. The van der Waals surface area contributed by atoms with Crippen LogP contribution in [0.15, 0.2) is 97.1 Å². The maximum absolute atomic E-state index is 14.0. The van der Waals surface area contributed by atoms with Gasteiger partial charge in [0.05, 0.1) is 0 Å². The van der Waals surface area contributed by atoms with Crippen molar-refractivity contribution in [2.45, 2.75) is 25.1 Å². The molecular weight excluding hydrogens is 443 g/mol. The molecule has 35 heavy (non-hydrogen) atoms. The third-order valence-corrected chi connectivity index (χ3v) is 6.10. The largest absolute Gasteiger partial charge is 0.508 e. The number of amides is 1. The van der Waals surface area contributed by atoms with Gasteiger partial charge >= 0.3 is 0 Å². The number of benzene rings is 4. The number of phenols is 1. The van der Waals surface area contributed by atoms with E-state index in [-0.39, 0.29) is 29.9 Å². The fourth-order valence-corrected chi connectivity index (χ4v) is 4.47. The number of aromatic hydroxyl groups is 1. The SMILES string of the molecule is O=C(NCc1cc(O)cc(OCc2ccccc2)c1)C1Nc2ccc(F)cc2C1c1ccccc1. The van der Waals surface area contributed by atoms with Crippen molar-refractivity contribution in [1.82, 2.24) is 5.32 Å². The first-order valence-electron chi connectivity index (χ1n) is 11.4. The van der Waals surface area contributed by atoms with E-state index in [1.165, 1.54) is 12.1 Å². The Hall–Kier alpha value is -4.32. The van der Waals surface area contributed by atoms with Gasteiger partial charge < -0.3 is 20.5 Å². The lowest BCUT2D eigenvalue weighted by Crippen LogP contribution is -2.40. The number of fused-ring (bicyclic) bond motifs is 1. The number of hydrogen-bond donors (Lipinski definition) is 3. The fraction of sp³-hybridized carbons (Fsp3) is 0.138. The lowest BCUT2D eigenvalue weighted by Gasteiger charge is -2.20. The quantitative estimate of drug-likeness (QED) is 0.342. The van der Waals surface area contributed by atoms with Crippen LogP contribution >= 0.6 is 0 Å². The second-order valence-corrected chi connectivity index (χ2v) is 8.57. The number of rotatable bonds is 7. The molecule has 1 aliphatic rings. The van der Waals surface area contributed by atoms with E-state index in [0.717, 1.165) is 22.4 Å². The molecule has 0 aromatic heterocycles. The topological polar surface area (TPSA) is 70.6 Å². The van der Waals surface area contributed by atoms with Crippen molar-refractivity contribution in [2.75, 3.05) is 5.32 Å². The van der Waals surface area contributed by atoms with Gasteiger partial charge in [-0.1, -0.05) is 60.7 Å². The van der Waals surface area contributed by atoms with E-state index >= 15 is 0 Å². The molecule has 1 aliphatic heterocycles. The van der Waals surface area contributed by atoms with Crippen molar-refractivity contribution in [3.63, 3.8) is 0 Å². The molecule has 2 atom stereocenters. The molecule has 1 heterocycles. The van der Waals surface area contributed by atoms with Gasteiger partial charge in [-0.25, -0.2) is 4.39 Å². The summed E-state index contributed by atoms with van der Waals surface area (Å²) in [7, 11) is 0. The molecule has 0 radical (unpaired) electrons. The van der Waals surface area contributed by atoms with Crippen LogP contribution in [0.1, 0.15) is 28.2 Å². The molecule has 0 fully saturated rings. The molecule has 176 valence electrons. The maximum atomic E-state index is 14.0. The average molecular weight is 469 g/mol. The van der Waals surface area contributed by atoms with E-state index in [4.69, 9.17) is 4.74 Å². The molecule has 2 unspecified atom stereocenters. The normalized spacial score (nSPS) is 16.3. The third kappa shape index (κ3) is 5.11. The van der Waals surface area contributed by atoms with Gasteiger partial charge in [0.1, 0.15) is 30.0 Å². The highest BCUT2D eigenvalue weighted by atomic mass is 19.1. The molecule has 3 N–H and O–H groups in total. The molecule has 5 nitrogen and oxygen atoms in total. The smallest absolute Gasteiger partial charge is 0.243 e. The molecular formula is C29H25FN2O3. The number of anilines is 1. The summed E-state index contributed by atoms with van der Waals surface area (Å²) < 4.78 is 19.9. The van der Waals surface area contributed by atoms with Crippen LogP contribution in [0.25, 0.3) is 0 Å². The van der Waals surface area contributed by atoms with Crippen LogP contribution in [-0.4, -0.2) is 17.1 Å². The van der Waals surface area contributed by atoms with E-state index < -0.39 is 6.04 Å². The molecule has 5 rings (SSSR count). The Balaban J connectivity index is 1.30. The fourth-order valence-electron chi connectivity index (χ4n) is 4.47. The zero-order chi connectivity index (χ0) is 24.2. The maximum Gasteiger partial charge on any atom is 0.243 e. The summed E-state index contributed by atoms with van der Waals surface area (Å²) in [5.41, 5.74) is 4.15. The van der Waals surface area contributed by atoms with E-state index in [1.807, 2.05) is 60.7 Å². The van der Waals surface area contributed by atoms with Crippen molar-refractivity contribution in [3.05, 3.63) is 125 Å². The van der Waals surface area contributed by atoms with Crippen molar-refractivity contribution >= 4 is 11.6 Å². The van der Waals surface area contributed by atoms with Gasteiger partial charge in [-0.3, -0.25) is 4.79 Å². The Labute approximate surface area is 203 Å². The number of halogens is 1. The van der Waals surface area contributed by atoms with Gasteiger partial charge in [0.25, 0.3) is 0 Å². The number of ether oxygens (including phenoxy) is 1. The van der Waals surface area contributed by atoms with Gasteiger partial charge in [-0.2, -0.15) is 0 Å². The van der Waals surface area contributed by atoms with Crippen molar-refractivity contribution in [2.24, 2.45) is 0 Å². The summed E-state index contributed by atoms with van der Waals surface area (Å²) in [5, 5.41) is 16.4. The lowest BCUT2D eigenvalue weighted by atomic mass is 9.87. The standard InChI is InChI=1S/C29H25FN2O3/c30-22-11-12-26-25(15-22)27(21-9-5-2-6-10-21)28(32-26)29(34)31-17-20-13-23(33)16-24(14-20)35-18-19-7-3-1-4-8-19/h1-16,27-28,32-33H,17-18H2,(H,31,34). The molecule has 0 saturated carbocycles. The summed E-state index contributed by atoms with van der Waals surface area (Å²) >= 11 is 0. The lowest BCUT2D eigenvalue weighted by molar-refractivity contribution is -0.122.